The van der Waals surface area contributed by atoms with Gasteiger partial charge in [0.05, 0.1) is 11.0 Å². The Bertz CT molecular complexity index is 1310. The van der Waals surface area contributed by atoms with Crippen LogP contribution in [0.5, 0.6) is 0 Å². The number of aromatic nitrogens is 2. The molecular formula is C45H71N2P. The summed E-state index contributed by atoms with van der Waals surface area (Å²) >= 11 is 0. The van der Waals surface area contributed by atoms with Crippen molar-refractivity contribution in [2.24, 2.45) is 0 Å². The summed E-state index contributed by atoms with van der Waals surface area (Å²) in [6, 6.07) is 14.4. The molecule has 2 fully saturated rings. The quantitative estimate of drug-likeness (QED) is 0.0815. The van der Waals surface area contributed by atoms with E-state index >= 15 is 0 Å². The summed E-state index contributed by atoms with van der Waals surface area (Å²) in [6.45, 7) is 7.93. The molecule has 266 valence electrons. The summed E-state index contributed by atoms with van der Waals surface area (Å²) in [5.74, 6) is 1.26. The highest BCUT2D eigenvalue weighted by molar-refractivity contribution is 7.67. The molecule has 0 saturated heterocycles. The summed E-state index contributed by atoms with van der Waals surface area (Å²) < 4.78 is 2.64. The summed E-state index contributed by atoms with van der Waals surface area (Å²) in [4.78, 5) is 5.48. The van der Waals surface area contributed by atoms with Crippen molar-refractivity contribution >= 4 is 24.3 Å². The number of nitrogens with zero attached hydrogens (tertiary/aromatic N) is 2. The summed E-state index contributed by atoms with van der Waals surface area (Å²) in [7, 11) is -0.178. The molecule has 0 radical (unpaired) electrons. The van der Waals surface area contributed by atoms with Crippen LogP contribution >= 0.6 is 7.92 Å². The van der Waals surface area contributed by atoms with Gasteiger partial charge in [-0.15, -0.1) is 0 Å². The van der Waals surface area contributed by atoms with Gasteiger partial charge in [-0.1, -0.05) is 174 Å². The zero-order valence-corrected chi connectivity index (χ0v) is 32.4. The third kappa shape index (κ3) is 10.9. The van der Waals surface area contributed by atoms with Crippen LogP contribution in [0.1, 0.15) is 185 Å². The molecule has 2 aromatic carbocycles. The van der Waals surface area contributed by atoms with Crippen molar-refractivity contribution in [3.8, 4) is 11.4 Å². The Kier molecular flexibility index (Phi) is 16.4. The Labute approximate surface area is 297 Å². The van der Waals surface area contributed by atoms with Crippen molar-refractivity contribution in [3.05, 3.63) is 47.5 Å². The van der Waals surface area contributed by atoms with E-state index in [0.717, 1.165) is 17.9 Å². The first-order valence-corrected chi connectivity index (χ1v) is 22.5. The molecule has 2 aliphatic carbocycles. The van der Waals surface area contributed by atoms with Gasteiger partial charge in [0.15, 0.2) is 0 Å². The minimum atomic E-state index is -0.178. The normalized spacial score (nSPS) is 16.4. The highest BCUT2D eigenvalue weighted by Crippen LogP contribution is 2.56. The third-order valence-electron chi connectivity index (χ3n) is 12.0. The topological polar surface area (TPSA) is 17.8 Å². The van der Waals surface area contributed by atoms with Crippen molar-refractivity contribution in [1.29, 1.82) is 0 Å². The van der Waals surface area contributed by atoms with Crippen LogP contribution in [0.2, 0.25) is 0 Å². The molecule has 0 amide bonds. The Morgan fingerprint density at radius 3 is 1.62 bits per heavy atom. The van der Waals surface area contributed by atoms with E-state index in [1.165, 1.54) is 200 Å². The lowest BCUT2D eigenvalue weighted by Gasteiger charge is -2.39. The second-order valence-electron chi connectivity index (χ2n) is 15.8. The van der Waals surface area contributed by atoms with Gasteiger partial charge in [-0.3, -0.25) is 0 Å². The maximum atomic E-state index is 5.48. The van der Waals surface area contributed by atoms with Crippen molar-refractivity contribution in [2.45, 2.75) is 206 Å². The molecule has 3 heteroatoms. The van der Waals surface area contributed by atoms with Crippen LogP contribution in [0.4, 0.5) is 0 Å². The minimum Gasteiger partial charge on any atom is -0.324 e. The fraction of sp³-hybridized carbons (Fsp3) is 0.711. The number of fused-ring (bicyclic) bond motifs is 1. The second kappa shape index (κ2) is 20.9. The highest BCUT2D eigenvalue weighted by atomic mass is 31.1. The average molecular weight is 671 g/mol. The largest absolute Gasteiger partial charge is 0.324 e. The van der Waals surface area contributed by atoms with E-state index in [1.54, 1.807) is 5.30 Å². The molecule has 2 aliphatic rings. The van der Waals surface area contributed by atoms with Crippen LogP contribution in [0, 0.1) is 13.8 Å². The molecular weight excluding hydrogens is 599 g/mol. The number of imidazole rings is 1. The lowest BCUT2D eigenvalue weighted by Crippen LogP contribution is -2.27. The van der Waals surface area contributed by atoms with Gasteiger partial charge in [0.1, 0.15) is 5.82 Å². The summed E-state index contributed by atoms with van der Waals surface area (Å²) in [5.41, 5.74) is 8.56. The summed E-state index contributed by atoms with van der Waals surface area (Å²) in [5, 5.41) is 1.68. The predicted molar refractivity (Wildman–Crippen MR) is 214 cm³/mol. The van der Waals surface area contributed by atoms with E-state index in [-0.39, 0.29) is 7.92 Å². The smallest absolute Gasteiger partial charge is 0.141 e. The Balaban J connectivity index is 1.20. The van der Waals surface area contributed by atoms with E-state index in [0.29, 0.717) is 0 Å². The van der Waals surface area contributed by atoms with Crippen LogP contribution < -0.4 is 5.30 Å². The Hall–Kier alpha value is -1.66. The molecule has 1 aromatic heterocycles. The van der Waals surface area contributed by atoms with Gasteiger partial charge in [0.2, 0.25) is 0 Å². The molecule has 2 saturated carbocycles. The molecule has 2 nitrogen and oxygen atoms in total. The van der Waals surface area contributed by atoms with Crippen molar-refractivity contribution < 1.29 is 0 Å². The van der Waals surface area contributed by atoms with Crippen molar-refractivity contribution in [2.75, 3.05) is 0 Å². The minimum absolute atomic E-state index is 0.178. The van der Waals surface area contributed by atoms with Crippen molar-refractivity contribution in [1.82, 2.24) is 9.55 Å². The number of benzene rings is 2. The van der Waals surface area contributed by atoms with Gasteiger partial charge in [-0.25, -0.2) is 4.98 Å². The number of rotatable bonds is 21. The number of hydrogen-bond donors (Lipinski definition) is 0. The fourth-order valence-corrected chi connectivity index (χ4v) is 12.9. The SMILES string of the molecule is CCCCCCCCCCCCCCCCCCn1c(-c2ccccc2P(C2CCCCC2)C2CCCCC2)nc2cc(C)c(C)cc21. The third-order valence-corrected chi connectivity index (χ3v) is 15.5. The molecule has 5 rings (SSSR count). The van der Waals surface area contributed by atoms with E-state index in [4.69, 9.17) is 4.98 Å². The van der Waals surface area contributed by atoms with E-state index in [9.17, 15) is 0 Å². The summed E-state index contributed by atoms with van der Waals surface area (Å²) in [6.07, 6.45) is 37.1. The molecule has 0 atom stereocenters. The lowest BCUT2D eigenvalue weighted by molar-refractivity contribution is 0.487. The maximum Gasteiger partial charge on any atom is 0.141 e. The monoisotopic (exact) mass is 671 g/mol. The molecule has 1 heterocycles. The average Bonchev–Trinajstić information content (AvgIpc) is 3.46. The molecule has 3 aromatic rings. The molecule has 0 spiro atoms. The van der Waals surface area contributed by atoms with E-state index in [1.807, 2.05) is 0 Å². The maximum absolute atomic E-state index is 5.48. The Morgan fingerprint density at radius 1 is 0.604 bits per heavy atom. The van der Waals surface area contributed by atoms with Crippen LogP contribution in [0.15, 0.2) is 36.4 Å². The predicted octanol–water partition coefficient (Wildman–Crippen LogP) is 14.4. The zero-order chi connectivity index (χ0) is 33.4. The van der Waals surface area contributed by atoms with Crippen LogP contribution in [0.25, 0.3) is 22.4 Å². The lowest BCUT2D eigenvalue weighted by atomic mass is 9.99. The van der Waals surface area contributed by atoms with Crippen LogP contribution in [-0.2, 0) is 6.54 Å². The fourth-order valence-electron chi connectivity index (χ4n) is 8.93. The van der Waals surface area contributed by atoms with Gasteiger partial charge in [-0.05, 0) is 85.8 Å². The van der Waals surface area contributed by atoms with Gasteiger partial charge >= 0.3 is 0 Å². The van der Waals surface area contributed by atoms with Gasteiger partial charge in [0, 0.05) is 12.1 Å². The number of aryl methyl sites for hydroxylation is 3. The van der Waals surface area contributed by atoms with E-state index in [2.05, 4.69) is 61.7 Å². The first kappa shape index (κ1) is 37.6. The van der Waals surface area contributed by atoms with Gasteiger partial charge < -0.3 is 4.57 Å². The molecule has 0 N–H and O–H groups in total. The number of unbranched alkanes of at least 4 members (excludes halogenated alkanes) is 15. The molecule has 0 unspecified atom stereocenters. The first-order chi connectivity index (χ1) is 23.7. The molecule has 48 heavy (non-hydrogen) atoms. The van der Waals surface area contributed by atoms with Gasteiger partial charge in [-0.2, -0.15) is 0 Å². The van der Waals surface area contributed by atoms with E-state index < -0.39 is 0 Å². The standard InChI is InChI=1S/C45H71N2P/c1-4-5-6-7-8-9-10-11-12-13-14-15-16-17-18-27-34-47-43-36-38(3)37(2)35-42(43)46-45(47)41-32-25-26-33-44(41)48(39-28-21-19-22-29-39)40-30-23-20-24-31-40/h25-26,32-33,35-36,39-40H,4-24,27-31,34H2,1-3H3. The Morgan fingerprint density at radius 2 is 1.08 bits per heavy atom. The highest BCUT2D eigenvalue weighted by Gasteiger charge is 2.34. The van der Waals surface area contributed by atoms with Gasteiger partial charge in [0.25, 0.3) is 0 Å². The van der Waals surface area contributed by atoms with Crippen molar-refractivity contribution in [3.63, 3.8) is 0 Å². The zero-order valence-electron chi connectivity index (χ0n) is 31.6. The van der Waals surface area contributed by atoms with Crippen LogP contribution in [-0.4, -0.2) is 20.9 Å². The number of hydrogen-bond acceptors (Lipinski definition) is 1. The first-order valence-electron chi connectivity index (χ1n) is 21.0. The van der Waals surface area contributed by atoms with Crippen LogP contribution in [0.3, 0.4) is 0 Å². The second-order valence-corrected chi connectivity index (χ2v) is 18.6. The molecule has 0 aliphatic heterocycles. The molecule has 0 bridgehead atoms.